The Bertz CT molecular complexity index is 1330. The van der Waals surface area contributed by atoms with Crippen LogP contribution in [0.5, 0.6) is 5.75 Å². The molecule has 0 radical (unpaired) electrons. The van der Waals surface area contributed by atoms with Gasteiger partial charge in [-0.2, -0.15) is 5.10 Å². The minimum Gasteiger partial charge on any atom is -0.495 e. The zero-order chi connectivity index (χ0) is 24.9. The fourth-order valence-corrected chi connectivity index (χ4v) is 3.89. The normalized spacial score (nSPS) is 11.4. The molecule has 1 N–H and O–H groups in total. The summed E-state index contributed by atoms with van der Waals surface area (Å²) in [6.45, 7) is 1.28. The third-order valence-electron chi connectivity index (χ3n) is 4.66. The van der Waals surface area contributed by atoms with E-state index in [0.29, 0.717) is 22.8 Å². The van der Waals surface area contributed by atoms with Crippen LogP contribution in [0.15, 0.2) is 64.1 Å². The summed E-state index contributed by atoms with van der Waals surface area (Å²) in [6, 6.07) is 14.1. The quantitative estimate of drug-likeness (QED) is 0.278. The molecule has 0 unspecified atom stereocenters. The van der Waals surface area contributed by atoms with Crippen LogP contribution in [0.1, 0.15) is 11.3 Å². The van der Waals surface area contributed by atoms with Crippen molar-refractivity contribution in [2.75, 3.05) is 24.2 Å². The average molecular weight is 487 g/mol. The average Bonchev–Trinajstić information content (AvgIpc) is 3.25. The van der Waals surface area contributed by atoms with Gasteiger partial charge in [-0.15, -0.1) is 0 Å². The number of ether oxygens (including phenoxy) is 1. The van der Waals surface area contributed by atoms with Gasteiger partial charge in [0.1, 0.15) is 23.8 Å². The first kappa shape index (κ1) is 24.5. The molecule has 0 aliphatic heterocycles. The molecule has 0 spiro atoms. The summed E-state index contributed by atoms with van der Waals surface area (Å²) in [4.78, 5) is 22.7. The van der Waals surface area contributed by atoms with Crippen LogP contribution >= 0.6 is 0 Å². The fourth-order valence-electron chi connectivity index (χ4n) is 3.03. The maximum atomic E-state index is 12.4. The molecular formula is C22H22N4O7S. The number of carbonyl (C=O) groups is 1. The number of hydrogen-bond acceptors (Lipinski definition) is 8. The lowest BCUT2D eigenvalue weighted by Crippen LogP contribution is -2.39. The number of methoxy groups -OCH3 is 1. The second-order valence-corrected chi connectivity index (χ2v) is 9.15. The standard InChI is InChI=1S/C22H22N4O7S/c1-15-4-10-21(32-2)19(12-15)25(34(3,30)31)14-22(27)24-23-13-18-9-11-20(33-18)16-5-7-17(8-6-16)26(28)29/h4-13H,14H2,1-3H3,(H,24,27)/b23-13-. The Morgan fingerprint density at radius 3 is 2.53 bits per heavy atom. The highest BCUT2D eigenvalue weighted by Crippen LogP contribution is 2.30. The Morgan fingerprint density at radius 1 is 1.21 bits per heavy atom. The third kappa shape index (κ3) is 5.98. The summed E-state index contributed by atoms with van der Waals surface area (Å²) in [5.41, 5.74) is 3.90. The van der Waals surface area contributed by atoms with E-state index in [4.69, 9.17) is 9.15 Å². The minimum absolute atomic E-state index is 0.0359. The van der Waals surface area contributed by atoms with E-state index >= 15 is 0 Å². The lowest BCUT2D eigenvalue weighted by molar-refractivity contribution is -0.384. The number of furan rings is 1. The molecular weight excluding hydrogens is 464 g/mol. The number of hydrazone groups is 1. The minimum atomic E-state index is -3.80. The number of nitrogens with one attached hydrogen (secondary N) is 1. The topological polar surface area (TPSA) is 144 Å². The lowest BCUT2D eigenvalue weighted by Gasteiger charge is -2.23. The monoisotopic (exact) mass is 486 g/mol. The van der Waals surface area contributed by atoms with E-state index in [1.165, 1.54) is 25.5 Å². The van der Waals surface area contributed by atoms with Crippen molar-refractivity contribution in [3.63, 3.8) is 0 Å². The Hall–Kier alpha value is -4.19. The van der Waals surface area contributed by atoms with Crippen molar-refractivity contribution in [3.05, 3.63) is 76.0 Å². The largest absolute Gasteiger partial charge is 0.495 e. The number of non-ortho nitro benzene ring substituents is 1. The van der Waals surface area contributed by atoms with Gasteiger partial charge in [-0.3, -0.25) is 19.2 Å². The molecule has 0 saturated carbocycles. The molecule has 0 saturated heterocycles. The number of benzene rings is 2. The number of hydrogen-bond donors (Lipinski definition) is 1. The number of amides is 1. The van der Waals surface area contributed by atoms with Gasteiger partial charge < -0.3 is 9.15 Å². The van der Waals surface area contributed by atoms with Gasteiger partial charge in [0.05, 0.1) is 30.2 Å². The summed E-state index contributed by atoms with van der Waals surface area (Å²) < 4.78 is 36.5. The zero-order valence-corrected chi connectivity index (χ0v) is 19.4. The molecule has 3 aromatic rings. The molecule has 11 nitrogen and oxygen atoms in total. The van der Waals surface area contributed by atoms with E-state index in [0.717, 1.165) is 16.1 Å². The molecule has 0 fully saturated rings. The van der Waals surface area contributed by atoms with Gasteiger partial charge >= 0.3 is 0 Å². The lowest BCUT2D eigenvalue weighted by atomic mass is 10.1. The fraction of sp³-hybridized carbons (Fsp3) is 0.182. The van der Waals surface area contributed by atoms with Crippen molar-refractivity contribution in [2.24, 2.45) is 5.10 Å². The molecule has 0 atom stereocenters. The molecule has 2 aromatic carbocycles. The number of aryl methyl sites for hydroxylation is 1. The molecule has 12 heteroatoms. The van der Waals surface area contributed by atoms with Crippen LogP contribution in [-0.2, 0) is 14.8 Å². The Kier molecular flexibility index (Phi) is 7.31. The first-order valence-corrected chi connectivity index (χ1v) is 11.7. The molecule has 1 heterocycles. The number of anilines is 1. The van der Waals surface area contributed by atoms with Gasteiger partial charge in [0.2, 0.25) is 10.0 Å². The van der Waals surface area contributed by atoms with E-state index in [1.54, 1.807) is 49.4 Å². The van der Waals surface area contributed by atoms with E-state index < -0.39 is 27.4 Å². The van der Waals surface area contributed by atoms with Crippen molar-refractivity contribution >= 4 is 33.5 Å². The van der Waals surface area contributed by atoms with Crippen LogP contribution in [0.25, 0.3) is 11.3 Å². The van der Waals surface area contributed by atoms with Gasteiger partial charge in [-0.25, -0.2) is 13.8 Å². The molecule has 0 aliphatic rings. The Labute approximate surface area is 195 Å². The van der Waals surface area contributed by atoms with E-state index in [2.05, 4.69) is 10.5 Å². The summed E-state index contributed by atoms with van der Waals surface area (Å²) in [5, 5.41) is 14.6. The summed E-state index contributed by atoms with van der Waals surface area (Å²) in [6.07, 6.45) is 2.25. The van der Waals surface area contributed by atoms with Crippen LogP contribution in [0.2, 0.25) is 0 Å². The molecule has 3 rings (SSSR count). The SMILES string of the molecule is COc1ccc(C)cc1N(CC(=O)N/N=C\c1ccc(-c2ccc([N+](=O)[O-])cc2)o1)S(C)(=O)=O. The summed E-state index contributed by atoms with van der Waals surface area (Å²) in [5.74, 6) is 0.403. The van der Waals surface area contributed by atoms with Crippen molar-refractivity contribution in [2.45, 2.75) is 6.92 Å². The number of carbonyl (C=O) groups excluding carboxylic acids is 1. The van der Waals surface area contributed by atoms with Crippen molar-refractivity contribution in [3.8, 4) is 17.1 Å². The predicted octanol–water partition coefficient (Wildman–Crippen LogP) is 3.09. The molecule has 1 aromatic heterocycles. The molecule has 34 heavy (non-hydrogen) atoms. The third-order valence-corrected chi connectivity index (χ3v) is 5.79. The first-order valence-electron chi connectivity index (χ1n) is 9.87. The zero-order valence-electron chi connectivity index (χ0n) is 18.6. The van der Waals surface area contributed by atoms with Crippen molar-refractivity contribution in [1.29, 1.82) is 0 Å². The van der Waals surface area contributed by atoms with E-state index in [-0.39, 0.29) is 11.4 Å². The molecule has 1 amide bonds. The predicted molar refractivity (Wildman–Crippen MR) is 126 cm³/mol. The van der Waals surface area contributed by atoms with E-state index in [1.807, 2.05) is 0 Å². The van der Waals surface area contributed by atoms with Gasteiger partial charge in [0.15, 0.2) is 0 Å². The first-order chi connectivity index (χ1) is 16.1. The highest BCUT2D eigenvalue weighted by Gasteiger charge is 2.24. The van der Waals surface area contributed by atoms with E-state index in [9.17, 15) is 23.3 Å². The maximum Gasteiger partial charge on any atom is 0.269 e. The number of nitrogens with zero attached hydrogens (tertiary/aromatic N) is 3. The van der Waals surface area contributed by atoms with Gasteiger partial charge in [0.25, 0.3) is 11.6 Å². The smallest absolute Gasteiger partial charge is 0.269 e. The van der Waals surface area contributed by atoms with Gasteiger partial charge in [0, 0.05) is 17.7 Å². The summed E-state index contributed by atoms with van der Waals surface area (Å²) >= 11 is 0. The second kappa shape index (κ2) is 10.2. The number of nitro groups is 1. The Balaban J connectivity index is 1.68. The number of rotatable bonds is 9. The Morgan fingerprint density at radius 2 is 1.91 bits per heavy atom. The number of nitro benzene ring substituents is 1. The van der Waals surface area contributed by atoms with Crippen LogP contribution in [0, 0.1) is 17.0 Å². The highest BCUT2D eigenvalue weighted by atomic mass is 32.2. The van der Waals surface area contributed by atoms with Gasteiger partial charge in [-0.1, -0.05) is 6.07 Å². The molecule has 178 valence electrons. The highest BCUT2D eigenvalue weighted by molar-refractivity contribution is 7.92. The molecule has 0 bridgehead atoms. The van der Waals surface area contributed by atoms with Crippen molar-refractivity contribution < 1.29 is 27.3 Å². The van der Waals surface area contributed by atoms with Gasteiger partial charge in [-0.05, 0) is 48.9 Å². The number of sulfonamides is 1. The van der Waals surface area contributed by atoms with Crippen LogP contribution < -0.4 is 14.5 Å². The van der Waals surface area contributed by atoms with Crippen LogP contribution in [0.3, 0.4) is 0 Å². The second-order valence-electron chi connectivity index (χ2n) is 7.24. The van der Waals surface area contributed by atoms with Crippen molar-refractivity contribution in [1.82, 2.24) is 5.43 Å². The van der Waals surface area contributed by atoms with Crippen LogP contribution in [0.4, 0.5) is 11.4 Å². The summed E-state index contributed by atoms with van der Waals surface area (Å²) in [7, 11) is -2.39. The maximum absolute atomic E-state index is 12.4. The molecule has 0 aliphatic carbocycles. The van der Waals surface area contributed by atoms with Crippen LogP contribution in [-0.4, -0.2) is 45.4 Å².